The van der Waals surface area contributed by atoms with Gasteiger partial charge >= 0.3 is 6.09 Å². The molecule has 2 N–H and O–H groups in total. The van der Waals surface area contributed by atoms with E-state index in [0.29, 0.717) is 5.69 Å². The second-order valence-electron chi connectivity index (χ2n) is 10.7. The number of rotatable bonds is 9. The first kappa shape index (κ1) is 29.6. The van der Waals surface area contributed by atoms with Gasteiger partial charge in [0.05, 0.1) is 0 Å². The minimum Gasteiger partial charge on any atom is -0.444 e. The lowest BCUT2D eigenvalue weighted by Gasteiger charge is -2.36. The normalized spacial score (nSPS) is 12.9. The Balaban J connectivity index is 2.58. The fraction of sp³-hybridized carbons (Fsp3) is 0.433. The SMILES string of the molecule is C=CCN(C(=O)C(NC(=O)OC(C)(C)C)C(C)C)C(C(=O)Nc1ccccc1C)c1c(C)cccc1C. The van der Waals surface area contributed by atoms with Crippen LogP contribution in [0.4, 0.5) is 10.5 Å². The zero-order valence-electron chi connectivity index (χ0n) is 23.3. The molecule has 0 aliphatic carbocycles. The van der Waals surface area contributed by atoms with Gasteiger partial charge in [-0.1, -0.05) is 56.3 Å². The van der Waals surface area contributed by atoms with E-state index in [1.807, 2.05) is 77.1 Å². The molecule has 0 radical (unpaired) electrons. The molecular weight excluding hydrogens is 466 g/mol. The number of carbonyl (C=O) groups is 3. The minimum absolute atomic E-state index is 0.109. The van der Waals surface area contributed by atoms with Crippen molar-refractivity contribution in [2.75, 3.05) is 11.9 Å². The average molecular weight is 508 g/mol. The third-order valence-electron chi connectivity index (χ3n) is 5.99. The van der Waals surface area contributed by atoms with Crippen molar-refractivity contribution in [3.63, 3.8) is 0 Å². The maximum Gasteiger partial charge on any atom is 0.408 e. The Kier molecular flexibility index (Phi) is 10.1. The van der Waals surface area contributed by atoms with Gasteiger partial charge in [0, 0.05) is 12.2 Å². The number of aryl methyl sites for hydroxylation is 3. The summed E-state index contributed by atoms with van der Waals surface area (Å²) in [6.07, 6.45) is 0.899. The quantitative estimate of drug-likeness (QED) is 0.417. The van der Waals surface area contributed by atoms with Gasteiger partial charge in [-0.3, -0.25) is 9.59 Å². The van der Waals surface area contributed by atoms with Crippen molar-refractivity contribution < 1.29 is 19.1 Å². The molecule has 0 saturated carbocycles. The van der Waals surface area contributed by atoms with Crippen LogP contribution >= 0.6 is 0 Å². The van der Waals surface area contributed by atoms with Crippen molar-refractivity contribution in [2.45, 2.75) is 73.1 Å². The van der Waals surface area contributed by atoms with Crippen molar-refractivity contribution in [3.8, 4) is 0 Å². The van der Waals surface area contributed by atoms with Crippen LogP contribution in [0, 0.1) is 26.7 Å². The minimum atomic E-state index is -0.951. The molecule has 2 rings (SSSR count). The van der Waals surface area contributed by atoms with E-state index in [9.17, 15) is 14.4 Å². The van der Waals surface area contributed by atoms with E-state index in [2.05, 4.69) is 17.2 Å². The van der Waals surface area contributed by atoms with Crippen molar-refractivity contribution >= 4 is 23.6 Å². The maximum atomic E-state index is 14.1. The first-order valence-corrected chi connectivity index (χ1v) is 12.6. The lowest BCUT2D eigenvalue weighted by molar-refractivity contribution is -0.141. The van der Waals surface area contributed by atoms with Gasteiger partial charge in [0.15, 0.2) is 0 Å². The topological polar surface area (TPSA) is 87.7 Å². The number of hydrogen-bond donors (Lipinski definition) is 2. The smallest absolute Gasteiger partial charge is 0.408 e. The number of ether oxygens (including phenoxy) is 1. The molecular formula is C30H41N3O4. The molecule has 2 aromatic carbocycles. The molecule has 0 aliphatic rings. The summed E-state index contributed by atoms with van der Waals surface area (Å²) in [7, 11) is 0. The summed E-state index contributed by atoms with van der Waals surface area (Å²) in [5.74, 6) is -1.000. The van der Waals surface area contributed by atoms with Crippen molar-refractivity contribution in [1.82, 2.24) is 10.2 Å². The largest absolute Gasteiger partial charge is 0.444 e. The Bertz CT molecular complexity index is 1110. The third kappa shape index (κ3) is 7.94. The lowest BCUT2D eigenvalue weighted by atomic mass is 9.92. The molecule has 200 valence electrons. The van der Waals surface area contributed by atoms with Crippen LogP contribution in [-0.4, -0.2) is 41.0 Å². The third-order valence-corrected chi connectivity index (χ3v) is 5.99. The molecule has 0 spiro atoms. The van der Waals surface area contributed by atoms with Gasteiger partial charge in [0.2, 0.25) is 5.91 Å². The summed E-state index contributed by atoms with van der Waals surface area (Å²) < 4.78 is 5.41. The zero-order chi connectivity index (χ0) is 27.9. The van der Waals surface area contributed by atoms with Crippen LogP contribution in [0.3, 0.4) is 0 Å². The highest BCUT2D eigenvalue weighted by Crippen LogP contribution is 2.30. The van der Waals surface area contributed by atoms with Gasteiger partial charge in [-0.2, -0.15) is 0 Å². The second-order valence-corrected chi connectivity index (χ2v) is 10.7. The molecule has 0 heterocycles. The average Bonchev–Trinajstić information content (AvgIpc) is 2.78. The lowest BCUT2D eigenvalue weighted by Crippen LogP contribution is -2.54. The molecule has 3 amide bonds. The molecule has 0 aromatic heterocycles. The summed E-state index contributed by atoms with van der Waals surface area (Å²) in [5, 5.41) is 5.74. The van der Waals surface area contributed by atoms with Crippen LogP contribution in [0.2, 0.25) is 0 Å². The standard InChI is InChI=1S/C30H41N3O4/c1-10-18-33(28(35)25(19(2)3)32-29(36)37-30(7,8)9)26(24-21(5)15-13-16-22(24)6)27(34)31-23-17-12-11-14-20(23)4/h10-17,19,25-26H,1,18H2,2-9H3,(H,31,34)(H,32,36). The van der Waals surface area contributed by atoms with Crippen molar-refractivity contribution in [1.29, 1.82) is 0 Å². The van der Waals surface area contributed by atoms with Gasteiger partial charge < -0.3 is 20.3 Å². The van der Waals surface area contributed by atoms with E-state index in [0.717, 1.165) is 22.3 Å². The molecule has 0 aliphatic heterocycles. The summed E-state index contributed by atoms with van der Waals surface area (Å²) >= 11 is 0. The van der Waals surface area contributed by atoms with Gasteiger partial charge in [0.1, 0.15) is 17.7 Å². The van der Waals surface area contributed by atoms with Crippen LogP contribution < -0.4 is 10.6 Å². The number of nitrogens with zero attached hydrogens (tertiary/aromatic N) is 1. The molecule has 2 atom stereocenters. The van der Waals surface area contributed by atoms with E-state index in [4.69, 9.17) is 4.74 Å². The number of anilines is 1. The Morgan fingerprint density at radius 1 is 0.973 bits per heavy atom. The van der Waals surface area contributed by atoms with E-state index < -0.39 is 29.7 Å². The number of amides is 3. The van der Waals surface area contributed by atoms with Gasteiger partial charge in [-0.15, -0.1) is 6.58 Å². The van der Waals surface area contributed by atoms with Crippen LogP contribution in [0.1, 0.15) is 62.9 Å². The van der Waals surface area contributed by atoms with Crippen molar-refractivity contribution in [3.05, 3.63) is 77.4 Å². The Hall–Kier alpha value is -3.61. The number of hydrogen-bond acceptors (Lipinski definition) is 4. The molecule has 7 nitrogen and oxygen atoms in total. The molecule has 37 heavy (non-hydrogen) atoms. The summed E-state index contributed by atoms with van der Waals surface area (Å²) in [5.41, 5.74) is 3.36. The fourth-order valence-electron chi connectivity index (χ4n) is 4.19. The number of nitrogens with one attached hydrogen (secondary N) is 2. The summed E-state index contributed by atoms with van der Waals surface area (Å²) in [6, 6.07) is 11.4. The molecule has 2 aromatic rings. The van der Waals surface area contributed by atoms with E-state index in [1.54, 1.807) is 26.8 Å². The first-order valence-electron chi connectivity index (χ1n) is 12.6. The predicted molar refractivity (Wildman–Crippen MR) is 148 cm³/mol. The molecule has 2 unspecified atom stereocenters. The Morgan fingerprint density at radius 2 is 1.54 bits per heavy atom. The second kappa shape index (κ2) is 12.6. The predicted octanol–water partition coefficient (Wildman–Crippen LogP) is 5.86. The monoisotopic (exact) mass is 507 g/mol. The molecule has 0 fully saturated rings. The van der Waals surface area contributed by atoms with Crippen LogP contribution in [-0.2, 0) is 14.3 Å². The van der Waals surface area contributed by atoms with Gasteiger partial charge in [0.25, 0.3) is 5.91 Å². The number of alkyl carbamates (subject to hydrolysis) is 1. The van der Waals surface area contributed by atoms with Gasteiger partial charge in [-0.25, -0.2) is 4.79 Å². The Labute approximate surface area is 221 Å². The highest BCUT2D eigenvalue weighted by molar-refractivity contribution is 6.00. The molecule has 0 saturated heterocycles. The van der Waals surface area contributed by atoms with Crippen LogP contribution in [0.25, 0.3) is 0 Å². The van der Waals surface area contributed by atoms with Crippen LogP contribution in [0.5, 0.6) is 0 Å². The fourth-order valence-corrected chi connectivity index (χ4v) is 4.19. The molecule has 0 bridgehead atoms. The highest BCUT2D eigenvalue weighted by atomic mass is 16.6. The maximum absolute atomic E-state index is 14.1. The zero-order valence-corrected chi connectivity index (χ0v) is 23.3. The first-order chi connectivity index (χ1) is 17.3. The van der Waals surface area contributed by atoms with E-state index >= 15 is 0 Å². The van der Waals surface area contributed by atoms with Crippen LogP contribution in [0.15, 0.2) is 55.1 Å². The molecule has 7 heteroatoms. The number of para-hydroxylation sites is 1. The summed E-state index contributed by atoms with van der Waals surface area (Å²) in [4.78, 5) is 42.1. The Morgan fingerprint density at radius 3 is 2.05 bits per heavy atom. The van der Waals surface area contributed by atoms with Crippen molar-refractivity contribution in [2.24, 2.45) is 5.92 Å². The van der Waals surface area contributed by atoms with Gasteiger partial charge in [-0.05, 0) is 75.8 Å². The highest BCUT2D eigenvalue weighted by Gasteiger charge is 2.38. The number of benzene rings is 2. The van der Waals surface area contributed by atoms with E-state index in [1.165, 1.54) is 4.90 Å². The number of carbonyl (C=O) groups excluding carboxylic acids is 3. The summed E-state index contributed by atoms with van der Waals surface area (Å²) in [6.45, 7) is 18.7. The van der Waals surface area contributed by atoms with E-state index in [-0.39, 0.29) is 18.4 Å².